The fourth-order valence-electron chi connectivity index (χ4n) is 4.71. The molecule has 12 nitrogen and oxygen atoms in total. The number of methoxy groups -OCH3 is 1. The summed E-state index contributed by atoms with van der Waals surface area (Å²) in [5, 5.41) is 8.23. The maximum Gasteiger partial charge on any atom is 0.292 e. The average Bonchev–Trinajstić information content (AvgIpc) is 3.28. The molecular formula is C29H37N5O7. The van der Waals surface area contributed by atoms with Crippen LogP contribution in [0, 0.1) is 0 Å². The Morgan fingerprint density at radius 3 is 2.37 bits per heavy atom. The number of allylic oxidation sites excluding steroid dienone is 1. The van der Waals surface area contributed by atoms with Gasteiger partial charge in [0.2, 0.25) is 17.7 Å². The van der Waals surface area contributed by atoms with Crippen LogP contribution in [0.1, 0.15) is 50.9 Å². The fraction of sp³-hybridized carbons (Fsp3) is 0.483. The maximum absolute atomic E-state index is 13.6. The Morgan fingerprint density at radius 2 is 1.78 bits per heavy atom. The van der Waals surface area contributed by atoms with E-state index in [-0.39, 0.29) is 30.4 Å². The van der Waals surface area contributed by atoms with Crippen LogP contribution in [0.25, 0.3) is 0 Å². The Balaban J connectivity index is 1.46. The number of carbonyl (C=O) groups excluding carboxylic acids is 4. The van der Waals surface area contributed by atoms with Crippen LogP contribution < -0.4 is 26.4 Å². The minimum atomic E-state index is -1.02. The number of rotatable bonds is 14. The molecule has 2 aromatic rings. The predicted octanol–water partition coefficient (Wildman–Crippen LogP) is 1.38. The Hall–Kier alpha value is -4.19. The van der Waals surface area contributed by atoms with E-state index in [0.717, 1.165) is 30.4 Å². The molecule has 0 unspecified atom stereocenters. The molecule has 5 N–H and O–H groups in total. The number of nitrogens with one attached hydrogen (secondary N) is 3. The molecule has 1 saturated heterocycles. The number of anilines is 1. The first-order chi connectivity index (χ1) is 19.6. The van der Waals surface area contributed by atoms with Gasteiger partial charge in [-0.1, -0.05) is 23.8 Å². The molecule has 1 aliphatic heterocycles. The van der Waals surface area contributed by atoms with Crippen LogP contribution in [0.15, 0.2) is 46.5 Å². The Morgan fingerprint density at radius 1 is 1.07 bits per heavy atom. The summed E-state index contributed by atoms with van der Waals surface area (Å²) in [7, 11) is 1.56. The van der Waals surface area contributed by atoms with Crippen molar-refractivity contribution < 1.29 is 33.1 Å². The first-order valence-corrected chi connectivity index (χ1v) is 13.7. The summed E-state index contributed by atoms with van der Waals surface area (Å²) in [5.74, 6) is -0.841. The number of epoxide rings is 1. The largest absolute Gasteiger partial charge is 0.497 e. The molecule has 0 spiro atoms. The number of carbonyl (C=O) groups is 4. The van der Waals surface area contributed by atoms with Gasteiger partial charge in [0, 0.05) is 6.42 Å². The summed E-state index contributed by atoms with van der Waals surface area (Å²) in [4.78, 5) is 56.2. The number of amides is 3. The van der Waals surface area contributed by atoms with Gasteiger partial charge in [-0.05, 0) is 57.2 Å². The summed E-state index contributed by atoms with van der Waals surface area (Å²) in [6.07, 6.45) is 6.67. The number of nitrogens with zero attached hydrogens (tertiary/aromatic N) is 1. The van der Waals surface area contributed by atoms with Crippen molar-refractivity contribution in [2.24, 2.45) is 0 Å². The van der Waals surface area contributed by atoms with Gasteiger partial charge in [0.15, 0.2) is 5.78 Å². The van der Waals surface area contributed by atoms with Crippen LogP contribution in [-0.4, -0.2) is 65.9 Å². The molecule has 1 aliphatic carbocycles. The third-order valence-electron chi connectivity index (χ3n) is 7.24. The van der Waals surface area contributed by atoms with E-state index in [4.69, 9.17) is 19.6 Å². The molecule has 0 saturated carbocycles. The van der Waals surface area contributed by atoms with E-state index in [2.05, 4.69) is 27.0 Å². The summed E-state index contributed by atoms with van der Waals surface area (Å²) >= 11 is 0. The first-order valence-electron chi connectivity index (χ1n) is 13.7. The van der Waals surface area contributed by atoms with Gasteiger partial charge < -0.3 is 35.6 Å². The molecule has 1 fully saturated rings. The number of nitrogen functional groups attached to an aromatic ring is 1. The highest BCUT2D eigenvalue weighted by Gasteiger charge is 2.50. The van der Waals surface area contributed by atoms with E-state index < -0.39 is 41.4 Å². The van der Waals surface area contributed by atoms with Crippen molar-refractivity contribution in [2.75, 3.05) is 19.5 Å². The summed E-state index contributed by atoms with van der Waals surface area (Å²) in [6, 6.07) is 4.27. The van der Waals surface area contributed by atoms with Crippen molar-refractivity contribution in [3.05, 3.63) is 53.4 Å². The zero-order valence-electron chi connectivity index (χ0n) is 23.5. The zero-order chi connectivity index (χ0) is 29.6. The minimum absolute atomic E-state index is 0.0609. The summed E-state index contributed by atoms with van der Waals surface area (Å²) < 4.78 is 15.7. The number of hydrogen-bond donors (Lipinski definition) is 4. The highest BCUT2D eigenvalue weighted by Crippen LogP contribution is 2.31. The smallest absolute Gasteiger partial charge is 0.292 e. The second-order valence-electron chi connectivity index (χ2n) is 10.6. The van der Waals surface area contributed by atoms with Gasteiger partial charge >= 0.3 is 0 Å². The standard InChI is InChI=1S/C29H37N5O7/c1-17(32-24(35)14-21-15-31-28(30)41-21)26(37)34-23(13-19-8-10-20(39-3)11-9-19)27(38)33-22(12-18-6-4-5-7-18)25(36)29(2)16-40-29/h6,8-11,15,17,22-23H,4-5,7,12-14,16H2,1-3H3,(H2,30,31)(H,32,35)(H,33,38)(H,34,37)/t17-,22-,23-,29+/m0/s1. The number of ether oxygens (including phenoxy) is 2. The lowest BCUT2D eigenvalue weighted by atomic mass is 9.94. The third kappa shape index (κ3) is 8.16. The molecule has 4 atom stereocenters. The van der Waals surface area contributed by atoms with Crippen molar-refractivity contribution >= 4 is 29.5 Å². The van der Waals surface area contributed by atoms with E-state index in [1.165, 1.54) is 13.1 Å². The number of benzene rings is 1. The van der Waals surface area contributed by atoms with Gasteiger partial charge in [-0.2, -0.15) is 0 Å². The molecule has 0 radical (unpaired) electrons. The zero-order valence-corrected chi connectivity index (χ0v) is 23.5. The molecule has 4 rings (SSSR count). The van der Waals surface area contributed by atoms with Crippen LogP contribution in [0.5, 0.6) is 5.75 Å². The molecule has 0 bridgehead atoms. The van der Waals surface area contributed by atoms with E-state index in [0.29, 0.717) is 18.8 Å². The lowest BCUT2D eigenvalue weighted by molar-refractivity contribution is -0.134. The van der Waals surface area contributed by atoms with Gasteiger partial charge in [0.1, 0.15) is 29.2 Å². The Labute approximate surface area is 238 Å². The van der Waals surface area contributed by atoms with Crippen molar-refractivity contribution in [1.82, 2.24) is 20.9 Å². The molecule has 2 aliphatic rings. The fourth-order valence-corrected chi connectivity index (χ4v) is 4.71. The number of Topliss-reactive ketones (excluding diaryl/α,β-unsaturated/α-hetero) is 1. The van der Waals surface area contributed by atoms with Gasteiger partial charge in [-0.3, -0.25) is 19.2 Å². The second-order valence-corrected chi connectivity index (χ2v) is 10.6. The number of hydrogen-bond acceptors (Lipinski definition) is 9. The first kappa shape index (κ1) is 29.8. The third-order valence-corrected chi connectivity index (χ3v) is 7.24. The number of aromatic nitrogens is 1. The van der Waals surface area contributed by atoms with E-state index in [1.807, 2.05) is 0 Å². The molecule has 1 aromatic heterocycles. The van der Waals surface area contributed by atoms with Crippen molar-refractivity contribution in [3.63, 3.8) is 0 Å². The van der Waals surface area contributed by atoms with Crippen LogP contribution in [0.3, 0.4) is 0 Å². The molecule has 220 valence electrons. The van der Waals surface area contributed by atoms with Crippen molar-refractivity contribution in [1.29, 1.82) is 0 Å². The Bertz CT molecular complexity index is 1300. The quantitative estimate of drug-likeness (QED) is 0.194. The maximum atomic E-state index is 13.6. The van der Waals surface area contributed by atoms with Crippen LogP contribution in [-0.2, 0) is 36.8 Å². The number of nitrogens with two attached hydrogens (primary N) is 1. The van der Waals surface area contributed by atoms with Crippen LogP contribution in [0.4, 0.5) is 6.01 Å². The second kappa shape index (κ2) is 13.0. The van der Waals surface area contributed by atoms with Gasteiger partial charge in [-0.25, -0.2) is 4.98 Å². The molecule has 2 heterocycles. The van der Waals surface area contributed by atoms with Gasteiger partial charge in [0.05, 0.1) is 32.4 Å². The molecule has 12 heteroatoms. The van der Waals surface area contributed by atoms with Gasteiger partial charge in [0.25, 0.3) is 6.01 Å². The number of oxazole rings is 1. The molecule has 3 amide bonds. The van der Waals surface area contributed by atoms with Crippen LogP contribution in [0.2, 0.25) is 0 Å². The van der Waals surface area contributed by atoms with E-state index >= 15 is 0 Å². The SMILES string of the molecule is COc1ccc(C[C@H](NC(=O)[C@H](C)NC(=O)Cc2cnc(N)o2)C(=O)N[C@@H](CC2=CCCC2)C(=O)[C@@]2(C)CO2)cc1. The monoisotopic (exact) mass is 567 g/mol. The summed E-state index contributed by atoms with van der Waals surface area (Å²) in [5.41, 5.74) is 6.41. The Kier molecular flexibility index (Phi) is 9.43. The lowest BCUT2D eigenvalue weighted by Crippen LogP contribution is -2.56. The normalized spacial score (nSPS) is 19.8. The van der Waals surface area contributed by atoms with E-state index in [1.54, 1.807) is 38.3 Å². The highest BCUT2D eigenvalue weighted by molar-refractivity contribution is 5.98. The number of ketones is 1. The van der Waals surface area contributed by atoms with E-state index in [9.17, 15) is 19.2 Å². The van der Waals surface area contributed by atoms with Crippen molar-refractivity contribution in [3.8, 4) is 5.75 Å². The summed E-state index contributed by atoms with van der Waals surface area (Å²) in [6.45, 7) is 3.53. The van der Waals surface area contributed by atoms with Crippen LogP contribution >= 0.6 is 0 Å². The highest BCUT2D eigenvalue weighted by atomic mass is 16.6. The average molecular weight is 568 g/mol. The predicted molar refractivity (Wildman–Crippen MR) is 149 cm³/mol. The topological polar surface area (TPSA) is 178 Å². The molecule has 41 heavy (non-hydrogen) atoms. The molecular weight excluding hydrogens is 530 g/mol. The lowest BCUT2D eigenvalue weighted by Gasteiger charge is -2.25. The van der Waals surface area contributed by atoms with Crippen molar-refractivity contribution in [2.45, 2.75) is 76.1 Å². The minimum Gasteiger partial charge on any atom is -0.497 e. The van der Waals surface area contributed by atoms with Gasteiger partial charge in [-0.15, -0.1) is 0 Å². The molecule has 1 aromatic carbocycles.